The van der Waals surface area contributed by atoms with Gasteiger partial charge >= 0.3 is 0 Å². The molecule has 0 radical (unpaired) electrons. The van der Waals surface area contributed by atoms with Gasteiger partial charge in [0.1, 0.15) is 0 Å². The number of pyridine rings is 1. The molecular formula is C13H18N4. The lowest BCUT2D eigenvalue weighted by molar-refractivity contribution is 0.526. The van der Waals surface area contributed by atoms with E-state index in [0.717, 1.165) is 18.5 Å². The van der Waals surface area contributed by atoms with Crippen molar-refractivity contribution >= 4 is 0 Å². The average molecular weight is 230 g/mol. The van der Waals surface area contributed by atoms with Gasteiger partial charge in [-0.15, -0.1) is 0 Å². The molecule has 4 nitrogen and oxygen atoms in total. The monoisotopic (exact) mass is 230 g/mol. The van der Waals surface area contributed by atoms with Crippen LogP contribution in [0.3, 0.4) is 0 Å². The maximum Gasteiger partial charge on any atom is 0.0793 e. The molecule has 0 aliphatic carbocycles. The van der Waals surface area contributed by atoms with Crippen molar-refractivity contribution in [3.05, 3.63) is 48.0 Å². The Balaban J connectivity index is 1.97. The number of rotatable bonds is 5. The Labute approximate surface area is 102 Å². The highest BCUT2D eigenvalue weighted by molar-refractivity contribution is 5.11. The smallest absolute Gasteiger partial charge is 0.0793 e. The minimum Gasteiger partial charge on any atom is -0.312 e. The zero-order chi connectivity index (χ0) is 12.1. The average Bonchev–Trinajstić information content (AvgIpc) is 2.78. The minimum atomic E-state index is 0.302. The molecule has 2 rings (SSSR count). The van der Waals surface area contributed by atoms with Crippen LogP contribution in [0.2, 0.25) is 0 Å². The summed E-state index contributed by atoms with van der Waals surface area (Å²) in [5, 5.41) is 7.74. The van der Waals surface area contributed by atoms with Crippen LogP contribution in [-0.2, 0) is 13.5 Å². The van der Waals surface area contributed by atoms with Gasteiger partial charge in [-0.3, -0.25) is 9.67 Å². The zero-order valence-electron chi connectivity index (χ0n) is 10.3. The predicted octanol–water partition coefficient (Wildman–Crippen LogP) is 1.71. The maximum absolute atomic E-state index is 4.43. The highest BCUT2D eigenvalue weighted by Crippen LogP contribution is 2.16. The Morgan fingerprint density at radius 2 is 2.29 bits per heavy atom. The quantitative estimate of drug-likeness (QED) is 0.850. The molecule has 0 aromatic carbocycles. The van der Waals surface area contributed by atoms with E-state index < -0.39 is 0 Å². The van der Waals surface area contributed by atoms with Crippen molar-refractivity contribution in [3.63, 3.8) is 0 Å². The summed E-state index contributed by atoms with van der Waals surface area (Å²) in [5.41, 5.74) is 2.36. The fourth-order valence-electron chi connectivity index (χ4n) is 1.92. The molecule has 0 aliphatic rings. The van der Waals surface area contributed by atoms with Crippen molar-refractivity contribution in [2.24, 2.45) is 7.05 Å². The van der Waals surface area contributed by atoms with E-state index in [1.807, 2.05) is 37.2 Å². The summed E-state index contributed by atoms with van der Waals surface area (Å²) in [6.45, 7) is 0. The Hall–Kier alpha value is -1.68. The number of hydrogen-bond acceptors (Lipinski definition) is 3. The van der Waals surface area contributed by atoms with Crippen molar-refractivity contribution in [1.82, 2.24) is 20.1 Å². The van der Waals surface area contributed by atoms with Crippen LogP contribution in [0.15, 0.2) is 36.8 Å². The molecule has 90 valence electrons. The molecule has 0 aliphatic heterocycles. The van der Waals surface area contributed by atoms with Crippen LogP contribution in [0, 0.1) is 0 Å². The molecule has 0 bridgehead atoms. The molecule has 0 saturated carbocycles. The van der Waals surface area contributed by atoms with Crippen LogP contribution < -0.4 is 5.32 Å². The Bertz CT molecular complexity index is 449. The van der Waals surface area contributed by atoms with Crippen molar-refractivity contribution in [1.29, 1.82) is 0 Å². The molecule has 1 atom stereocenters. The lowest BCUT2D eigenvalue weighted by Gasteiger charge is -2.13. The van der Waals surface area contributed by atoms with E-state index in [1.165, 1.54) is 5.56 Å². The highest BCUT2D eigenvalue weighted by atomic mass is 15.3. The van der Waals surface area contributed by atoms with Crippen LogP contribution in [0.4, 0.5) is 0 Å². The predicted molar refractivity (Wildman–Crippen MR) is 67.6 cm³/mol. The van der Waals surface area contributed by atoms with Gasteiger partial charge in [0.2, 0.25) is 0 Å². The molecule has 2 aromatic rings. The third-order valence-electron chi connectivity index (χ3n) is 2.88. The molecule has 0 fully saturated rings. The topological polar surface area (TPSA) is 42.7 Å². The SMILES string of the molecule is CNC(CCc1cccnc1)c1ccn(C)n1. The number of aromatic nitrogens is 3. The van der Waals surface area contributed by atoms with Gasteiger partial charge in [-0.25, -0.2) is 0 Å². The number of nitrogens with zero attached hydrogens (tertiary/aromatic N) is 3. The molecule has 4 heteroatoms. The summed E-state index contributed by atoms with van der Waals surface area (Å²) >= 11 is 0. The maximum atomic E-state index is 4.43. The molecule has 0 spiro atoms. The second-order valence-electron chi connectivity index (χ2n) is 4.16. The van der Waals surface area contributed by atoms with Crippen molar-refractivity contribution in [2.75, 3.05) is 7.05 Å². The third kappa shape index (κ3) is 3.14. The summed E-state index contributed by atoms with van der Waals surface area (Å²) < 4.78 is 1.84. The fourth-order valence-corrected chi connectivity index (χ4v) is 1.92. The van der Waals surface area contributed by atoms with Gasteiger partial charge in [0.15, 0.2) is 0 Å². The first-order valence-electron chi connectivity index (χ1n) is 5.85. The lowest BCUT2D eigenvalue weighted by Crippen LogP contribution is -2.18. The second kappa shape index (κ2) is 5.59. The molecule has 2 aromatic heterocycles. The molecule has 0 amide bonds. The normalized spacial score (nSPS) is 12.6. The van der Waals surface area contributed by atoms with E-state index >= 15 is 0 Å². The number of aryl methyl sites for hydroxylation is 2. The summed E-state index contributed by atoms with van der Waals surface area (Å²) in [5.74, 6) is 0. The lowest BCUT2D eigenvalue weighted by atomic mass is 10.0. The van der Waals surface area contributed by atoms with Gasteiger partial charge in [-0.1, -0.05) is 6.07 Å². The second-order valence-corrected chi connectivity index (χ2v) is 4.16. The van der Waals surface area contributed by atoms with E-state index in [2.05, 4.69) is 27.5 Å². The Kier molecular flexibility index (Phi) is 3.88. The fraction of sp³-hybridized carbons (Fsp3) is 0.385. The summed E-state index contributed by atoms with van der Waals surface area (Å²) in [6.07, 6.45) is 7.74. The van der Waals surface area contributed by atoms with Gasteiger partial charge in [-0.05, 0) is 37.6 Å². The molecule has 1 N–H and O–H groups in total. The first kappa shape index (κ1) is 11.8. The van der Waals surface area contributed by atoms with E-state index in [0.29, 0.717) is 6.04 Å². The summed E-state index contributed by atoms with van der Waals surface area (Å²) in [4.78, 5) is 4.13. The molecule has 17 heavy (non-hydrogen) atoms. The zero-order valence-corrected chi connectivity index (χ0v) is 10.3. The molecule has 1 unspecified atom stereocenters. The molecular weight excluding hydrogens is 212 g/mol. The van der Waals surface area contributed by atoms with E-state index in [9.17, 15) is 0 Å². The van der Waals surface area contributed by atoms with Crippen LogP contribution in [-0.4, -0.2) is 21.8 Å². The van der Waals surface area contributed by atoms with Crippen molar-refractivity contribution in [3.8, 4) is 0 Å². The van der Waals surface area contributed by atoms with E-state index in [-0.39, 0.29) is 0 Å². The van der Waals surface area contributed by atoms with Crippen LogP contribution in [0.5, 0.6) is 0 Å². The summed E-state index contributed by atoms with van der Waals surface area (Å²) in [7, 11) is 3.92. The van der Waals surface area contributed by atoms with Gasteiger partial charge in [0, 0.05) is 25.6 Å². The number of nitrogens with one attached hydrogen (secondary N) is 1. The van der Waals surface area contributed by atoms with Crippen LogP contribution in [0.1, 0.15) is 23.7 Å². The molecule has 2 heterocycles. The van der Waals surface area contributed by atoms with Crippen molar-refractivity contribution < 1.29 is 0 Å². The molecule has 0 saturated heterocycles. The van der Waals surface area contributed by atoms with Crippen LogP contribution >= 0.6 is 0 Å². The number of hydrogen-bond donors (Lipinski definition) is 1. The van der Waals surface area contributed by atoms with E-state index in [1.54, 1.807) is 6.20 Å². The summed E-state index contributed by atoms with van der Waals surface area (Å²) in [6, 6.07) is 6.45. The largest absolute Gasteiger partial charge is 0.312 e. The highest BCUT2D eigenvalue weighted by Gasteiger charge is 2.11. The minimum absolute atomic E-state index is 0.302. The van der Waals surface area contributed by atoms with Crippen molar-refractivity contribution in [2.45, 2.75) is 18.9 Å². The third-order valence-corrected chi connectivity index (χ3v) is 2.88. The Morgan fingerprint density at radius 1 is 1.41 bits per heavy atom. The van der Waals surface area contributed by atoms with Gasteiger partial charge in [-0.2, -0.15) is 5.10 Å². The first-order chi connectivity index (χ1) is 8.29. The van der Waals surface area contributed by atoms with Gasteiger partial charge in [0.25, 0.3) is 0 Å². The first-order valence-corrected chi connectivity index (χ1v) is 5.85. The standard InChI is InChI=1S/C13H18N4/c1-14-12(13-7-9-17(2)16-13)6-5-11-4-3-8-15-10-11/h3-4,7-10,12,14H,5-6H2,1-2H3. The van der Waals surface area contributed by atoms with Gasteiger partial charge in [0.05, 0.1) is 11.7 Å². The van der Waals surface area contributed by atoms with E-state index in [4.69, 9.17) is 0 Å². The van der Waals surface area contributed by atoms with Crippen LogP contribution in [0.25, 0.3) is 0 Å². The van der Waals surface area contributed by atoms with Gasteiger partial charge < -0.3 is 5.32 Å². The Morgan fingerprint density at radius 3 is 2.88 bits per heavy atom.